The van der Waals surface area contributed by atoms with Crippen molar-refractivity contribution in [3.05, 3.63) is 42.0 Å². The van der Waals surface area contributed by atoms with E-state index in [2.05, 4.69) is 15.7 Å². The lowest BCUT2D eigenvalue weighted by Crippen LogP contribution is -2.13. The van der Waals surface area contributed by atoms with Gasteiger partial charge in [0.05, 0.1) is 17.6 Å². The Kier molecular flexibility index (Phi) is 4.55. The first-order chi connectivity index (χ1) is 10.4. The van der Waals surface area contributed by atoms with Gasteiger partial charge >= 0.3 is 0 Å². The van der Waals surface area contributed by atoms with Crippen LogP contribution in [0.1, 0.15) is 37.2 Å². The number of rotatable bonds is 4. The van der Waals surface area contributed by atoms with Crippen LogP contribution in [-0.4, -0.2) is 21.6 Å². The fraction of sp³-hybridized carbons (Fsp3) is 0.267. The van der Waals surface area contributed by atoms with Crippen molar-refractivity contribution in [2.24, 2.45) is 0 Å². The molecule has 0 unspecified atom stereocenters. The van der Waals surface area contributed by atoms with E-state index in [-0.39, 0.29) is 17.3 Å². The highest BCUT2D eigenvalue weighted by Gasteiger charge is 2.12. The number of nitrogens with one attached hydrogen (secondary N) is 2. The van der Waals surface area contributed by atoms with Crippen LogP contribution >= 0.6 is 0 Å². The number of anilines is 2. The third-order valence-corrected chi connectivity index (χ3v) is 2.93. The third-order valence-electron chi connectivity index (χ3n) is 2.93. The molecule has 2 aromatic rings. The normalized spacial score (nSPS) is 10.6. The number of hydrogen-bond donors (Lipinski definition) is 2. The quantitative estimate of drug-likeness (QED) is 0.912. The summed E-state index contributed by atoms with van der Waals surface area (Å²) in [5.74, 6) is -1.41. The molecule has 0 aliphatic heterocycles. The molecule has 0 aliphatic rings. The van der Waals surface area contributed by atoms with Crippen molar-refractivity contribution in [1.29, 1.82) is 0 Å². The standard InChI is InChI=1S/C15H17FN4O2/c1-9(2)20-8-12(7-17-20)19-15(22)11-4-5-13(16)14(6-11)18-10(3)21/h4-9H,1-3H3,(H,18,21)(H,19,22). The molecule has 0 fully saturated rings. The Morgan fingerprint density at radius 3 is 2.59 bits per heavy atom. The minimum Gasteiger partial charge on any atom is -0.324 e. The number of benzene rings is 1. The molecule has 0 atom stereocenters. The molecule has 22 heavy (non-hydrogen) atoms. The van der Waals surface area contributed by atoms with E-state index in [0.717, 1.165) is 6.07 Å². The Hall–Kier alpha value is -2.70. The van der Waals surface area contributed by atoms with Gasteiger partial charge in [0, 0.05) is 24.7 Å². The zero-order valence-electron chi connectivity index (χ0n) is 12.6. The van der Waals surface area contributed by atoms with Crippen LogP contribution in [0.3, 0.4) is 0 Å². The maximum Gasteiger partial charge on any atom is 0.255 e. The van der Waals surface area contributed by atoms with Gasteiger partial charge in [0.2, 0.25) is 5.91 Å². The maximum atomic E-state index is 13.6. The fourth-order valence-corrected chi connectivity index (χ4v) is 1.84. The first-order valence-corrected chi connectivity index (χ1v) is 6.79. The van der Waals surface area contributed by atoms with Crippen LogP contribution in [0.15, 0.2) is 30.6 Å². The molecule has 2 rings (SSSR count). The summed E-state index contributed by atoms with van der Waals surface area (Å²) in [6, 6.07) is 3.96. The molecule has 7 heteroatoms. The molecule has 0 radical (unpaired) electrons. The minimum absolute atomic E-state index is 0.0296. The van der Waals surface area contributed by atoms with Crippen LogP contribution in [0, 0.1) is 5.82 Å². The summed E-state index contributed by atoms with van der Waals surface area (Å²) in [4.78, 5) is 23.2. The highest BCUT2D eigenvalue weighted by molar-refractivity contribution is 6.05. The SMILES string of the molecule is CC(=O)Nc1cc(C(=O)Nc2cnn(C(C)C)c2)ccc1F. The summed E-state index contributed by atoms with van der Waals surface area (Å²) in [6.07, 6.45) is 3.25. The fourth-order valence-electron chi connectivity index (χ4n) is 1.84. The molecule has 0 saturated carbocycles. The highest BCUT2D eigenvalue weighted by Crippen LogP contribution is 2.18. The van der Waals surface area contributed by atoms with Crippen LogP contribution in [0.2, 0.25) is 0 Å². The molecule has 2 amide bonds. The van der Waals surface area contributed by atoms with E-state index in [4.69, 9.17) is 0 Å². The molecule has 1 heterocycles. The molecule has 1 aromatic heterocycles. The summed E-state index contributed by atoms with van der Waals surface area (Å²) >= 11 is 0. The van der Waals surface area contributed by atoms with Crippen LogP contribution < -0.4 is 10.6 Å². The van der Waals surface area contributed by atoms with Crippen molar-refractivity contribution in [1.82, 2.24) is 9.78 Å². The second kappa shape index (κ2) is 6.38. The number of aromatic nitrogens is 2. The van der Waals surface area contributed by atoms with Crippen LogP contribution in [-0.2, 0) is 4.79 Å². The number of amides is 2. The number of nitrogens with zero attached hydrogens (tertiary/aromatic N) is 2. The molecule has 6 nitrogen and oxygen atoms in total. The Labute approximate surface area is 127 Å². The zero-order valence-corrected chi connectivity index (χ0v) is 12.6. The number of carbonyl (C=O) groups excluding carboxylic acids is 2. The molecule has 0 spiro atoms. The molecular weight excluding hydrogens is 287 g/mol. The summed E-state index contributed by atoms with van der Waals surface area (Å²) < 4.78 is 15.3. The number of halogens is 1. The highest BCUT2D eigenvalue weighted by atomic mass is 19.1. The van der Waals surface area contributed by atoms with Crippen molar-refractivity contribution in [2.45, 2.75) is 26.8 Å². The van der Waals surface area contributed by atoms with Gasteiger partial charge in [0.15, 0.2) is 0 Å². The molecule has 0 saturated heterocycles. The molecule has 2 N–H and O–H groups in total. The van der Waals surface area contributed by atoms with E-state index in [1.807, 2.05) is 13.8 Å². The van der Waals surface area contributed by atoms with Gasteiger partial charge in [-0.2, -0.15) is 5.10 Å². The zero-order chi connectivity index (χ0) is 16.3. The van der Waals surface area contributed by atoms with Crippen molar-refractivity contribution >= 4 is 23.2 Å². The van der Waals surface area contributed by atoms with Gasteiger partial charge in [-0.1, -0.05) is 0 Å². The predicted molar refractivity (Wildman–Crippen MR) is 81.3 cm³/mol. The summed E-state index contributed by atoms with van der Waals surface area (Å²) in [5.41, 5.74) is 0.754. The van der Waals surface area contributed by atoms with E-state index in [0.29, 0.717) is 5.69 Å². The van der Waals surface area contributed by atoms with Gasteiger partial charge in [-0.05, 0) is 32.0 Å². The van der Waals surface area contributed by atoms with Crippen LogP contribution in [0.4, 0.5) is 15.8 Å². The van der Waals surface area contributed by atoms with Gasteiger partial charge < -0.3 is 10.6 Å². The molecule has 0 bridgehead atoms. The van der Waals surface area contributed by atoms with Gasteiger partial charge in [-0.3, -0.25) is 14.3 Å². The Morgan fingerprint density at radius 1 is 1.27 bits per heavy atom. The van der Waals surface area contributed by atoms with Crippen molar-refractivity contribution in [3.63, 3.8) is 0 Å². The minimum atomic E-state index is -0.598. The second-order valence-electron chi connectivity index (χ2n) is 5.13. The maximum absolute atomic E-state index is 13.6. The first-order valence-electron chi connectivity index (χ1n) is 6.79. The number of hydrogen-bond acceptors (Lipinski definition) is 3. The van der Waals surface area contributed by atoms with Crippen molar-refractivity contribution < 1.29 is 14.0 Å². The predicted octanol–water partition coefficient (Wildman–Crippen LogP) is 2.81. The number of carbonyl (C=O) groups is 2. The molecular formula is C15H17FN4O2. The van der Waals surface area contributed by atoms with E-state index >= 15 is 0 Å². The van der Waals surface area contributed by atoms with Gasteiger partial charge in [-0.25, -0.2) is 4.39 Å². The smallest absolute Gasteiger partial charge is 0.255 e. The van der Waals surface area contributed by atoms with Gasteiger partial charge in [-0.15, -0.1) is 0 Å². The lowest BCUT2D eigenvalue weighted by atomic mass is 10.1. The summed E-state index contributed by atoms with van der Waals surface area (Å²) in [5, 5.41) is 9.14. The second-order valence-corrected chi connectivity index (χ2v) is 5.13. The van der Waals surface area contributed by atoms with Crippen molar-refractivity contribution in [2.75, 3.05) is 10.6 Å². The average molecular weight is 304 g/mol. The first kappa shape index (κ1) is 15.7. The Balaban J connectivity index is 2.16. The largest absolute Gasteiger partial charge is 0.324 e. The van der Waals surface area contributed by atoms with Crippen molar-refractivity contribution in [3.8, 4) is 0 Å². The van der Waals surface area contributed by atoms with Crippen LogP contribution in [0.5, 0.6) is 0 Å². The topological polar surface area (TPSA) is 76.0 Å². The lowest BCUT2D eigenvalue weighted by molar-refractivity contribution is -0.114. The lowest BCUT2D eigenvalue weighted by Gasteiger charge is -2.07. The van der Waals surface area contributed by atoms with Crippen LogP contribution in [0.25, 0.3) is 0 Å². The van der Waals surface area contributed by atoms with E-state index in [1.165, 1.54) is 25.3 Å². The molecule has 1 aromatic carbocycles. The summed E-state index contributed by atoms with van der Waals surface area (Å²) in [7, 11) is 0. The Bertz CT molecular complexity index is 709. The third kappa shape index (κ3) is 3.69. The van der Waals surface area contributed by atoms with E-state index in [9.17, 15) is 14.0 Å². The summed E-state index contributed by atoms with van der Waals surface area (Å²) in [6.45, 7) is 5.21. The molecule has 116 valence electrons. The Morgan fingerprint density at radius 2 is 2.00 bits per heavy atom. The van der Waals surface area contributed by atoms with Gasteiger partial charge in [0.1, 0.15) is 5.82 Å². The van der Waals surface area contributed by atoms with E-state index in [1.54, 1.807) is 10.9 Å². The van der Waals surface area contributed by atoms with E-state index < -0.39 is 17.6 Å². The molecule has 0 aliphatic carbocycles. The average Bonchev–Trinajstić information content (AvgIpc) is 2.89. The monoisotopic (exact) mass is 304 g/mol. The van der Waals surface area contributed by atoms with Gasteiger partial charge in [0.25, 0.3) is 5.91 Å².